The summed E-state index contributed by atoms with van der Waals surface area (Å²) in [5, 5.41) is 16.8. The molecule has 0 bridgehead atoms. The molecule has 0 radical (unpaired) electrons. The average Bonchev–Trinajstić information content (AvgIpc) is 3.53. The summed E-state index contributed by atoms with van der Waals surface area (Å²) >= 11 is 1.51. The van der Waals surface area contributed by atoms with Crippen LogP contribution in [-0.4, -0.2) is 33.0 Å². The van der Waals surface area contributed by atoms with Crippen LogP contribution >= 0.6 is 11.8 Å². The van der Waals surface area contributed by atoms with Crippen molar-refractivity contribution in [2.45, 2.75) is 24.1 Å². The van der Waals surface area contributed by atoms with Crippen molar-refractivity contribution in [1.29, 1.82) is 0 Å². The maximum absolute atomic E-state index is 13.6. The number of phenolic OH excluding ortho intramolecular Hbond substituents is 1. The Morgan fingerprint density at radius 2 is 1.91 bits per heavy atom. The number of aromatic hydroxyl groups is 1. The molecular weight excluding hydrogens is 434 g/mol. The van der Waals surface area contributed by atoms with E-state index in [0.717, 1.165) is 29.5 Å². The third kappa shape index (κ3) is 4.19. The number of aromatic nitrogens is 1. The molecule has 2 aromatic carbocycles. The topological polar surface area (TPSA) is 82.9 Å². The second-order valence-corrected chi connectivity index (χ2v) is 9.16. The third-order valence-electron chi connectivity index (χ3n) is 5.85. The Balaban J connectivity index is 1.41. The summed E-state index contributed by atoms with van der Waals surface area (Å²) < 4.78 is 0. The number of hydrogen-bond donors (Lipinski definition) is 1. The molecule has 0 saturated carbocycles. The van der Waals surface area contributed by atoms with Crippen molar-refractivity contribution < 1.29 is 14.7 Å². The standard InChI is InChI=1S/C26H21N3O3S/c30-16-17-7-9-18(10-8-17)24-11-12-25(33-24)26(32)29-22(20-5-1-2-6-23(20)31)14-21(28-29)19-4-3-13-27-15-19/h1-10,12-13,15-16,22,24,31H,11,14H2. The van der Waals surface area contributed by atoms with E-state index in [4.69, 9.17) is 0 Å². The number of thioether (sulfide) groups is 1. The van der Waals surface area contributed by atoms with Crippen LogP contribution in [0, 0.1) is 0 Å². The lowest BCUT2D eigenvalue weighted by Gasteiger charge is -2.23. The number of allylic oxidation sites excluding steroid dienone is 1. The van der Waals surface area contributed by atoms with Crippen LogP contribution < -0.4 is 0 Å². The Morgan fingerprint density at radius 1 is 1.09 bits per heavy atom. The minimum Gasteiger partial charge on any atom is -0.508 e. The van der Waals surface area contributed by atoms with E-state index >= 15 is 0 Å². The minimum absolute atomic E-state index is 0.109. The molecule has 3 aromatic rings. The van der Waals surface area contributed by atoms with E-state index in [9.17, 15) is 14.7 Å². The van der Waals surface area contributed by atoms with Crippen LogP contribution in [-0.2, 0) is 4.79 Å². The lowest BCUT2D eigenvalue weighted by Crippen LogP contribution is -2.27. The number of rotatable bonds is 5. The van der Waals surface area contributed by atoms with Gasteiger partial charge in [0, 0.05) is 40.8 Å². The number of carbonyl (C=O) groups excluding carboxylic acids is 2. The molecule has 1 aromatic heterocycles. The molecule has 1 amide bonds. The first-order valence-electron chi connectivity index (χ1n) is 10.7. The molecule has 0 fully saturated rings. The van der Waals surface area contributed by atoms with Gasteiger partial charge in [0.2, 0.25) is 0 Å². The average molecular weight is 456 g/mol. The normalized spacial score (nSPS) is 19.8. The van der Waals surface area contributed by atoms with Crippen LogP contribution in [0.5, 0.6) is 5.75 Å². The lowest BCUT2D eigenvalue weighted by atomic mass is 9.98. The van der Waals surface area contributed by atoms with Gasteiger partial charge in [0.1, 0.15) is 12.0 Å². The van der Waals surface area contributed by atoms with Gasteiger partial charge in [0.25, 0.3) is 5.91 Å². The summed E-state index contributed by atoms with van der Waals surface area (Å²) in [6.45, 7) is 0. The predicted octanol–water partition coefficient (Wildman–Crippen LogP) is 5.04. The fourth-order valence-electron chi connectivity index (χ4n) is 4.12. The van der Waals surface area contributed by atoms with Crippen molar-refractivity contribution in [3.8, 4) is 5.75 Å². The molecule has 6 nitrogen and oxygen atoms in total. The minimum atomic E-state index is -0.402. The first kappa shape index (κ1) is 21.2. The van der Waals surface area contributed by atoms with E-state index in [1.807, 2.05) is 42.5 Å². The molecule has 0 saturated heterocycles. The maximum Gasteiger partial charge on any atom is 0.280 e. The molecule has 2 aliphatic heterocycles. The Labute approximate surface area is 195 Å². The van der Waals surface area contributed by atoms with Crippen molar-refractivity contribution >= 4 is 29.7 Å². The monoisotopic (exact) mass is 455 g/mol. The highest BCUT2D eigenvalue weighted by molar-refractivity contribution is 8.04. The SMILES string of the molecule is O=Cc1ccc(C2CC=C(C(=O)N3N=C(c4cccnc4)CC3c3ccccc3O)S2)cc1. The number of hydrogen-bond acceptors (Lipinski definition) is 6. The maximum atomic E-state index is 13.6. The molecular formula is C26H21N3O3S. The highest BCUT2D eigenvalue weighted by Crippen LogP contribution is 2.46. The number of carbonyl (C=O) groups is 2. The summed E-state index contributed by atoms with van der Waals surface area (Å²) in [6, 6.07) is 17.9. The van der Waals surface area contributed by atoms with E-state index in [2.05, 4.69) is 10.1 Å². The zero-order valence-corrected chi connectivity index (χ0v) is 18.5. The fourth-order valence-corrected chi connectivity index (χ4v) is 5.30. The first-order chi connectivity index (χ1) is 16.1. The van der Waals surface area contributed by atoms with Crippen molar-refractivity contribution in [2.24, 2.45) is 5.10 Å². The second-order valence-electron chi connectivity index (χ2n) is 7.91. The van der Waals surface area contributed by atoms with Crippen LogP contribution in [0.3, 0.4) is 0 Å². The third-order valence-corrected chi connectivity index (χ3v) is 7.19. The number of aldehydes is 1. The van der Waals surface area contributed by atoms with Crippen molar-refractivity contribution in [3.63, 3.8) is 0 Å². The van der Waals surface area contributed by atoms with E-state index in [1.54, 1.807) is 36.7 Å². The number of amides is 1. The summed E-state index contributed by atoms with van der Waals surface area (Å²) in [7, 11) is 0. The number of benzene rings is 2. The smallest absolute Gasteiger partial charge is 0.280 e. The van der Waals surface area contributed by atoms with Gasteiger partial charge in [-0.2, -0.15) is 5.10 Å². The summed E-state index contributed by atoms with van der Waals surface area (Å²) in [5.41, 5.74) is 3.98. The summed E-state index contributed by atoms with van der Waals surface area (Å²) in [4.78, 5) is 29.3. The number of nitrogens with zero attached hydrogens (tertiary/aromatic N) is 3. The van der Waals surface area contributed by atoms with Gasteiger partial charge >= 0.3 is 0 Å². The second kappa shape index (κ2) is 9.03. The highest BCUT2D eigenvalue weighted by atomic mass is 32.2. The summed E-state index contributed by atoms with van der Waals surface area (Å²) in [5.74, 6) is -0.0386. The van der Waals surface area contributed by atoms with Crippen molar-refractivity contribution in [2.75, 3.05) is 0 Å². The van der Waals surface area contributed by atoms with Gasteiger partial charge in [-0.25, -0.2) is 5.01 Å². The number of pyridine rings is 1. The van der Waals surface area contributed by atoms with Crippen LogP contribution in [0.4, 0.5) is 0 Å². The molecule has 0 aliphatic carbocycles. The van der Waals surface area contributed by atoms with Gasteiger partial charge in [0.15, 0.2) is 0 Å². The molecule has 2 aliphatic rings. The molecule has 0 spiro atoms. The van der Waals surface area contributed by atoms with Gasteiger partial charge in [-0.15, -0.1) is 11.8 Å². The number of para-hydroxylation sites is 1. The van der Waals surface area contributed by atoms with Crippen LogP contribution in [0.25, 0.3) is 0 Å². The number of phenols is 1. The van der Waals surface area contributed by atoms with Gasteiger partial charge in [-0.3, -0.25) is 14.6 Å². The molecule has 3 heterocycles. The van der Waals surface area contributed by atoms with Gasteiger partial charge in [0.05, 0.1) is 16.7 Å². The Morgan fingerprint density at radius 3 is 2.64 bits per heavy atom. The van der Waals surface area contributed by atoms with E-state index < -0.39 is 6.04 Å². The number of hydrazone groups is 1. The molecule has 1 N–H and O–H groups in total. The Bertz CT molecular complexity index is 1260. The zero-order valence-electron chi connectivity index (χ0n) is 17.7. The van der Waals surface area contributed by atoms with Crippen LogP contribution in [0.15, 0.2) is 89.1 Å². The quantitative estimate of drug-likeness (QED) is 0.545. The molecule has 7 heteroatoms. The van der Waals surface area contributed by atoms with Gasteiger partial charge < -0.3 is 5.11 Å². The molecule has 33 heavy (non-hydrogen) atoms. The Kier molecular flexibility index (Phi) is 5.79. The van der Waals surface area contributed by atoms with Crippen molar-refractivity contribution in [3.05, 3.63) is 106 Å². The Hall–Kier alpha value is -3.71. The first-order valence-corrected chi connectivity index (χ1v) is 11.5. The molecule has 5 rings (SSSR count). The summed E-state index contributed by atoms with van der Waals surface area (Å²) in [6.07, 6.45) is 7.42. The predicted molar refractivity (Wildman–Crippen MR) is 128 cm³/mol. The largest absolute Gasteiger partial charge is 0.508 e. The van der Waals surface area contributed by atoms with Crippen LogP contribution in [0.1, 0.15) is 51.2 Å². The van der Waals surface area contributed by atoms with E-state index in [0.29, 0.717) is 22.5 Å². The van der Waals surface area contributed by atoms with Crippen LogP contribution in [0.2, 0.25) is 0 Å². The molecule has 164 valence electrons. The lowest BCUT2D eigenvalue weighted by molar-refractivity contribution is -0.128. The fraction of sp³-hybridized carbons (Fsp3) is 0.154. The van der Waals surface area contributed by atoms with E-state index in [-0.39, 0.29) is 16.9 Å². The van der Waals surface area contributed by atoms with Crippen molar-refractivity contribution in [1.82, 2.24) is 9.99 Å². The highest BCUT2D eigenvalue weighted by Gasteiger charge is 2.37. The van der Waals surface area contributed by atoms with Gasteiger partial charge in [-0.1, -0.05) is 54.6 Å². The van der Waals surface area contributed by atoms with E-state index in [1.165, 1.54) is 16.8 Å². The zero-order chi connectivity index (χ0) is 22.8. The van der Waals surface area contributed by atoms with Gasteiger partial charge in [-0.05, 0) is 24.1 Å². The molecule has 2 atom stereocenters. The molecule has 2 unspecified atom stereocenters.